The van der Waals surface area contributed by atoms with Crippen molar-refractivity contribution < 1.29 is 13.9 Å². The largest absolute Gasteiger partial charge is 0.494 e. The molecular weight excluding hydrogens is 424 g/mol. The van der Waals surface area contributed by atoms with Crippen LogP contribution in [0.15, 0.2) is 59.0 Å². The van der Waals surface area contributed by atoms with Gasteiger partial charge in [0.25, 0.3) is 5.91 Å². The lowest BCUT2D eigenvalue weighted by molar-refractivity contribution is 0.0947. The highest BCUT2D eigenvalue weighted by Gasteiger charge is 2.34. The van der Waals surface area contributed by atoms with Crippen LogP contribution in [0.3, 0.4) is 0 Å². The summed E-state index contributed by atoms with van der Waals surface area (Å²) in [5.41, 5.74) is 4.28. The summed E-state index contributed by atoms with van der Waals surface area (Å²) in [5.74, 6) is 3.20. The van der Waals surface area contributed by atoms with Gasteiger partial charge in [-0.25, -0.2) is 0 Å². The molecule has 0 spiro atoms. The summed E-state index contributed by atoms with van der Waals surface area (Å²) in [6.45, 7) is 9.50. The topological polar surface area (TPSA) is 63.5 Å². The minimum absolute atomic E-state index is 0.0807. The SMILES string of the molecule is CCCCC1C(c2ccc(OCC)cc2)Nc2ccc(C(=O)NCc3ccc(C)o3)cc2[C@H]1C. The third-order valence-electron chi connectivity index (χ3n) is 6.85. The van der Waals surface area contributed by atoms with Crippen LogP contribution in [0, 0.1) is 12.8 Å². The third kappa shape index (κ3) is 5.30. The first-order valence-electron chi connectivity index (χ1n) is 12.5. The van der Waals surface area contributed by atoms with Gasteiger partial charge in [-0.1, -0.05) is 38.8 Å². The van der Waals surface area contributed by atoms with E-state index >= 15 is 0 Å². The van der Waals surface area contributed by atoms with Crippen molar-refractivity contribution >= 4 is 11.6 Å². The Morgan fingerprint density at radius 3 is 2.56 bits per heavy atom. The van der Waals surface area contributed by atoms with Crippen LogP contribution in [0.1, 0.15) is 85.0 Å². The quantitative estimate of drug-likeness (QED) is 0.361. The Morgan fingerprint density at radius 2 is 1.88 bits per heavy atom. The van der Waals surface area contributed by atoms with Gasteiger partial charge in [0.1, 0.15) is 17.3 Å². The van der Waals surface area contributed by atoms with Gasteiger partial charge < -0.3 is 19.8 Å². The van der Waals surface area contributed by atoms with Crippen LogP contribution >= 0.6 is 0 Å². The van der Waals surface area contributed by atoms with Gasteiger partial charge in [-0.05, 0) is 85.7 Å². The Hall–Kier alpha value is -3.21. The molecule has 0 fully saturated rings. The second-order valence-corrected chi connectivity index (χ2v) is 9.22. The van der Waals surface area contributed by atoms with Gasteiger partial charge >= 0.3 is 0 Å². The van der Waals surface area contributed by atoms with Crippen molar-refractivity contribution in [2.45, 2.75) is 65.5 Å². The fourth-order valence-electron chi connectivity index (χ4n) is 4.98. The van der Waals surface area contributed by atoms with Crippen molar-refractivity contribution in [1.82, 2.24) is 5.32 Å². The Balaban J connectivity index is 1.55. The molecule has 180 valence electrons. The number of benzene rings is 2. The van der Waals surface area contributed by atoms with Gasteiger partial charge in [-0.2, -0.15) is 0 Å². The maximum Gasteiger partial charge on any atom is 0.251 e. The summed E-state index contributed by atoms with van der Waals surface area (Å²) in [7, 11) is 0. The minimum atomic E-state index is -0.0807. The summed E-state index contributed by atoms with van der Waals surface area (Å²) in [6, 6.07) is 18.5. The van der Waals surface area contributed by atoms with Crippen molar-refractivity contribution in [3.8, 4) is 5.75 Å². The molecule has 0 saturated carbocycles. The van der Waals surface area contributed by atoms with Crippen LogP contribution in [0.5, 0.6) is 5.75 Å². The first kappa shape index (κ1) is 23.9. The molecule has 4 rings (SSSR count). The van der Waals surface area contributed by atoms with Gasteiger partial charge in [-0.15, -0.1) is 0 Å². The molecule has 1 aliphatic heterocycles. The summed E-state index contributed by atoms with van der Waals surface area (Å²) in [5, 5.41) is 6.77. The molecule has 5 heteroatoms. The number of unbranched alkanes of at least 4 members (excludes halogenated alkanes) is 1. The fraction of sp³-hybridized carbons (Fsp3) is 0.414. The Labute approximate surface area is 202 Å². The van der Waals surface area contributed by atoms with Crippen molar-refractivity contribution in [1.29, 1.82) is 0 Å². The second kappa shape index (κ2) is 10.8. The molecule has 34 heavy (non-hydrogen) atoms. The van der Waals surface area contributed by atoms with E-state index in [0.717, 1.165) is 29.4 Å². The van der Waals surface area contributed by atoms with Crippen LogP contribution in [-0.4, -0.2) is 12.5 Å². The molecule has 0 aliphatic carbocycles. The lowest BCUT2D eigenvalue weighted by Crippen LogP contribution is -2.31. The average molecular weight is 461 g/mol. The maximum absolute atomic E-state index is 12.9. The molecule has 0 bridgehead atoms. The highest BCUT2D eigenvalue weighted by Crippen LogP contribution is 2.47. The summed E-state index contributed by atoms with van der Waals surface area (Å²) >= 11 is 0. The number of aryl methyl sites for hydroxylation is 1. The first-order valence-corrected chi connectivity index (χ1v) is 12.5. The van der Waals surface area contributed by atoms with Crippen molar-refractivity contribution in [3.05, 3.63) is 82.8 Å². The van der Waals surface area contributed by atoms with E-state index in [2.05, 4.69) is 60.9 Å². The predicted octanol–water partition coefficient (Wildman–Crippen LogP) is 6.99. The molecule has 1 amide bonds. The number of furan rings is 1. The van der Waals surface area contributed by atoms with E-state index in [4.69, 9.17) is 9.15 Å². The number of hydrogen-bond acceptors (Lipinski definition) is 4. The van der Waals surface area contributed by atoms with E-state index in [1.165, 1.54) is 24.0 Å². The smallest absolute Gasteiger partial charge is 0.251 e. The number of rotatable bonds is 9. The molecule has 1 aromatic heterocycles. The molecular formula is C29H36N2O3. The number of nitrogens with one attached hydrogen (secondary N) is 2. The van der Waals surface area contributed by atoms with Gasteiger partial charge in [0.2, 0.25) is 0 Å². The molecule has 5 nitrogen and oxygen atoms in total. The van der Waals surface area contributed by atoms with Crippen molar-refractivity contribution in [3.63, 3.8) is 0 Å². The number of amides is 1. The summed E-state index contributed by atoms with van der Waals surface area (Å²) < 4.78 is 11.2. The molecule has 2 N–H and O–H groups in total. The summed E-state index contributed by atoms with van der Waals surface area (Å²) in [6.07, 6.45) is 3.49. The zero-order valence-electron chi connectivity index (χ0n) is 20.7. The summed E-state index contributed by atoms with van der Waals surface area (Å²) in [4.78, 5) is 12.9. The highest BCUT2D eigenvalue weighted by atomic mass is 16.5. The van der Waals surface area contributed by atoms with E-state index in [0.29, 0.717) is 30.6 Å². The molecule has 2 heterocycles. The van der Waals surface area contributed by atoms with E-state index in [1.807, 2.05) is 32.0 Å². The molecule has 0 radical (unpaired) electrons. The number of hydrogen-bond donors (Lipinski definition) is 2. The molecule has 0 saturated heterocycles. The number of anilines is 1. The monoisotopic (exact) mass is 460 g/mol. The van der Waals surface area contributed by atoms with Crippen LogP contribution in [0.2, 0.25) is 0 Å². The number of carbonyl (C=O) groups excluding carboxylic acids is 1. The normalized spacial score (nSPS) is 19.2. The lowest BCUT2D eigenvalue weighted by atomic mass is 9.73. The Bertz CT molecular complexity index is 1100. The van der Waals surface area contributed by atoms with E-state index in [9.17, 15) is 4.79 Å². The van der Waals surface area contributed by atoms with Crippen LogP contribution in [0.25, 0.3) is 0 Å². The number of ether oxygens (including phenoxy) is 1. The molecule has 2 unspecified atom stereocenters. The molecule has 1 aliphatic rings. The van der Waals surface area contributed by atoms with E-state index < -0.39 is 0 Å². The minimum Gasteiger partial charge on any atom is -0.494 e. The van der Waals surface area contributed by atoms with Crippen LogP contribution in [0.4, 0.5) is 5.69 Å². The first-order chi connectivity index (χ1) is 16.5. The zero-order chi connectivity index (χ0) is 24.1. The van der Waals surface area contributed by atoms with Gasteiger partial charge in [0.15, 0.2) is 0 Å². The predicted molar refractivity (Wildman–Crippen MR) is 136 cm³/mol. The van der Waals surface area contributed by atoms with Crippen LogP contribution < -0.4 is 15.4 Å². The van der Waals surface area contributed by atoms with E-state index in [1.54, 1.807) is 0 Å². The van der Waals surface area contributed by atoms with Crippen LogP contribution in [-0.2, 0) is 6.54 Å². The molecule has 3 atom stereocenters. The Kier molecular flexibility index (Phi) is 7.61. The standard InChI is InChI=1S/C29H36N2O3/c1-5-7-8-25-20(4)26-17-22(29(32)30-18-24-13-9-19(3)34-24)12-16-27(26)31-28(25)21-10-14-23(15-11-21)33-6-2/h9-17,20,25,28,31H,5-8,18H2,1-4H3,(H,30,32)/t20-,25?,28?/m0/s1. The van der Waals surface area contributed by atoms with E-state index in [-0.39, 0.29) is 11.9 Å². The molecule has 2 aromatic carbocycles. The fourth-order valence-corrected chi connectivity index (χ4v) is 4.98. The lowest BCUT2D eigenvalue weighted by Gasteiger charge is -2.40. The average Bonchev–Trinajstić information content (AvgIpc) is 3.27. The number of carbonyl (C=O) groups is 1. The highest BCUT2D eigenvalue weighted by molar-refractivity contribution is 5.95. The Morgan fingerprint density at radius 1 is 1.09 bits per heavy atom. The number of fused-ring (bicyclic) bond motifs is 1. The third-order valence-corrected chi connectivity index (χ3v) is 6.85. The van der Waals surface area contributed by atoms with Gasteiger partial charge in [-0.3, -0.25) is 4.79 Å². The van der Waals surface area contributed by atoms with Crippen molar-refractivity contribution in [2.75, 3.05) is 11.9 Å². The zero-order valence-corrected chi connectivity index (χ0v) is 20.7. The van der Waals surface area contributed by atoms with Gasteiger partial charge in [0, 0.05) is 11.3 Å². The van der Waals surface area contributed by atoms with Crippen molar-refractivity contribution in [2.24, 2.45) is 5.92 Å². The molecule has 3 aromatic rings. The van der Waals surface area contributed by atoms with Gasteiger partial charge in [0.05, 0.1) is 19.2 Å². The maximum atomic E-state index is 12.9. The second-order valence-electron chi connectivity index (χ2n) is 9.22.